The number of allylic oxidation sites excluding steroid dienone is 2. The Morgan fingerprint density at radius 3 is 1.13 bits per heavy atom. The van der Waals surface area contributed by atoms with E-state index in [9.17, 15) is 19.4 Å². The second kappa shape index (κ2) is 52.1. The van der Waals surface area contributed by atoms with Gasteiger partial charge in [-0.05, 0) is 38.5 Å². The maximum Gasteiger partial charge on any atom is 0.268 e. The van der Waals surface area contributed by atoms with Crippen LogP contribution in [0.25, 0.3) is 0 Å². The van der Waals surface area contributed by atoms with E-state index in [1.54, 1.807) is 0 Å². The maximum absolute atomic E-state index is 13.0. The highest BCUT2D eigenvalue weighted by atomic mass is 31.2. The lowest BCUT2D eigenvalue weighted by atomic mass is 10.0. The largest absolute Gasteiger partial charge is 0.756 e. The Hall–Kier alpha value is -0.760. The van der Waals surface area contributed by atoms with Gasteiger partial charge in [0.05, 0.1) is 39.9 Å². The van der Waals surface area contributed by atoms with E-state index in [2.05, 4.69) is 31.3 Å². The zero-order valence-corrected chi connectivity index (χ0v) is 47.9. The zero-order chi connectivity index (χ0) is 50.6. The van der Waals surface area contributed by atoms with Crippen molar-refractivity contribution in [2.45, 2.75) is 328 Å². The molecule has 0 saturated heterocycles. The average Bonchev–Trinajstić information content (AvgIpc) is 3.31. The summed E-state index contributed by atoms with van der Waals surface area (Å²) in [7, 11) is 1.32. The highest BCUT2D eigenvalue weighted by Gasteiger charge is 2.24. The number of nitrogens with one attached hydrogen (secondary N) is 1. The Morgan fingerprint density at radius 1 is 0.493 bits per heavy atom. The molecule has 0 saturated carbocycles. The van der Waals surface area contributed by atoms with Gasteiger partial charge in [-0.2, -0.15) is 0 Å². The molecule has 0 aromatic rings. The lowest BCUT2D eigenvalue weighted by Gasteiger charge is -2.30. The number of quaternary nitrogens is 1. The molecule has 0 aliphatic rings. The van der Waals surface area contributed by atoms with Crippen molar-refractivity contribution in [1.29, 1.82) is 0 Å². The highest BCUT2D eigenvalue weighted by Crippen LogP contribution is 2.38. The molecule has 412 valence electrons. The van der Waals surface area contributed by atoms with E-state index in [0.29, 0.717) is 23.9 Å². The van der Waals surface area contributed by atoms with Crippen LogP contribution >= 0.6 is 7.82 Å². The summed E-state index contributed by atoms with van der Waals surface area (Å²) in [6, 6.07) is -0.798. The fourth-order valence-corrected chi connectivity index (χ4v) is 10.2. The predicted molar refractivity (Wildman–Crippen MR) is 298 cm³/mol. The first-order chi connectivity index (χ1) is 33.5. The van der Waals surface area contributed by atoms with Gasteiger partial charge in [-0.1, -0.05) is 283 Å². The van der Waals surface area contributed by atoms with Crippen molar-refractivity contribution in [3.63, 3.8) is 0 Å². The molecule has 0 rings (SSSR count). The fraction of sp³-hybridized carbons (Fsp3) is 0.950. The van der Waals surface area contributed by atoms with Gasteiger partial charge < -0.3 is 28.8 Å². The topological polar surface area (TPSA) is 108 Å². The molecule has 69 heavy (non-hydrogen) atoms. The number of likely N-dealkylation sites (N-methyl/N-ethyl adjacent to an activating group) is 1. The quantitative estimate of drug-likeness (QED) is 0.0272. The van der Waals surface area contributed by atoms with Gasteiger partial charge in [-0.3, -0.25) is 9.36 Å². The van der Waals surface area contributed by atoms with Crippen LogP contribution in [-0.2, 0) is 18.4 Å². The van der Waals surface area contributed by atoms with Crippen molar-refractivity contribution in [3.05, 3.63) is 12.2 Å². The summed E-state index contributed by atoms with van der Waals surface area (Å²) in [6.45, 7) is 4.77. The Morgan fingerprint density at radius 2 is 0.797 bits per heavy atom. The smallest absolute Gasteiger partial charge is 0.268 e. The third kappa shape index (κ3) is 54.8. The summed E-state index contributed by atoms with van der Waals surface area (Å²) in [6.07, 6.45) is 63.9. The molecule has 0 aromatic heterocycles. The molecule has 0 aliphatic heterocycles. The number of carbonyl (C=O) groups is 1. The highest BCUT2D eigenvalue weighted by molar-refractivity contribution is 7.45. The van der Waals surface area contributed by atoms with Crippen LogP contribution in [0.4, 0.5) is 0 Å². The van der Waals surface area contributed by atoms with Crippen LogP contribution in [0, 0.1) is 0 Å². The molecular weight excluding hydrogens is 876 g/mol. The summed E-state index contributed by atoms with van der Waals surface area (Å²) in [5, 5.41) is 14.0. The van der Waals surface area contributed by atoms with Crippen molar-refractivity contribution >= 4 is 13.7 Å². The molecule has 1 amide bonds. The molecule has 0 aliphatic carbocycles. The number of hydrogen-bond acceptors (Lipinski definition) is 6. The number of rotatable bonds is 57. The lowest BCUT2D eigenvalue weighted by molar-refractivity contribution is -0.870. The number of nitrogens with zero attached hydrogens (tertiary/aromatic N) is 1. The van der Waals surface area contributed by atoms with Gasteiger partial charge in [-0.15, -0.1) is 0 Å². The first-order valence-electron chi connectivity index (χ1n) is 30.5. The molecule has 9 heteroatoms. The standard InChI is InChI=1S/C60H121N2O6P/c1-6-8-10-12-14-16-18-20-22-24-26-27-28-29-30-31-32-33-34-36-38-40-42-44-46-48-50-52-54-60(64)61-58(57-68-69(65,66)67-56-55-62(3,4)5)59(63)53-51-49-47-45-43-41-39-37-35-25-23-21-19-17-15-13-11-9-7-2/h29-30,58-59,63H,6-28,31-57H2,1-5H3,(H-,61,64,65,66)/b30-29-. The molecule has 3 unspecified atom stereocenters. The molecular formula is C60H121N2O6P. The summed E-state index contributed by atoms with van der Waals surface area (Å²) in [4.78, 5) is 25.6. The Kier molecular flexibility index (Phi) is 51.5. The molecule has 3 atom stereocenters. The van der Waals surface area contributed by atoms with Crippen molar-refractivity contribution in [2.75, 3.05) is 40.9 Å². The normalized spacial score (nSPS) is 13.9. The Bertz CT molecular complexity index is 1130. The zero-order valence-electron chi connectivity index (χ0n) is 47.0. The first kappa shape index (κ1) is 68.2. The van der Waals surface area contributed by atoms with Gasteiger partial charge in [0, 0.05) is 6.42 Å². The minimum atomic E-state index is -4.57. The van der Waals surface area contributed by atoms with Gasteiger partial charge in [-0.25, -0.2) is 0 Å². The third-order valence-corrected chi connectivity index (χ3v) is 15.2. The van der Waals surface area contributed by atoms with Crippen LogP contribution in [0.15, 0.2) is 12.2 Å². The molecule has 0 spiro atoms. The van der Waals surface area contributed by atoms with Crippen LogP contribution in [0.1, 0.15) is 316 Å². The number of aliphatic hydroxyl groups is 1. The van der Waals surface area contributed by atoms with Crippen LogP contribution in [-0.4, -0.2) is 68.5 Å². The van der Waals surface area contributed by atoms with E-state index >= 15 is 0 Å². The van der Waals surface area contributed by atoms with Crippen LogP contribution in [0.3, 0.4) is 0 Å². The number of carbonyl (C=O) groups excluding carboxylic acids is 1. The summed E-state index contributed by atoms with van der Waals surface area (Å²) >= 11 is 0. The number of amides is 1. The monoisotopic (exact) mass is 997 g/mol. The summed E-state index contributed by atoms with van der Waals surface area (Å²) < 4.78 is 23.5. The maximum atomic E-state index is 13.0. The van der Waals surface area contributed by atoms with Crippen molar-refractivity contribution in [2.24, 2.45) is 0 Å². The minimum Gasteiger partial charge on any atom is -0.756 e. The number of unbranched alkanes of at least 4 members (excludes halogenated alkanes) is 42. The Balaban J connectivity index is 4.08. The number of phosphoric ester groups is 1. The average molecular weight is 998 g/mol. The first-order valence-corrected chi connectivity index (χ1v) is 32.0. The van der Waals surface area contributed by atoms with Crippen LogP contribution in [0.2, 0.25) is 0 Å². The summed E-state index contributed by atoms with van der Waals surface area (Å²) in [5.41, 5.74) is 0. The number of hydrogen-bond donors (Lipinski definition) is 2. The molecule has 2 N–H and O–H groups in total. The van der Waals surface area contributed by atoms with Gasteiger partial charge in [0.25, 0.3) is 7.82 Å². The number of aliphatic hydroxyl groups excluding tert-OH is 1. The molecule has 0 fully saturated rings. The third-order valence-electron chi connectivity index (χ3n) is 14.3. The lowest BCUT2D eigenvalue weighted by Crippen LogP contribution is -2.46. The second-order valence-electron chi connectivity index (χ2n) is 22.4. The molecule has 8 nitrogen and oxygen atoms in total. The predicted octanol–water partition coefficient (Wildman–Crippen LogP) is 18.0. The minimum absolute atomic E-state index is 0.0149. The molecule has 0 radical (unpaired) electrons. The Labute approximate surface area is 431 Å². The fourth-order valence-electron chi connectivity index (χ4n) is 9.45. The van der Waals surface area contributed by atoms with E-state index in [-0.39, 0.29) is 19.1 Å². The van der Waals surface area contributed by atoms with E-state index in [1.165, 1.54) is 250 Å². The molecule has 0 heterocycles. The van der Waals surface area contributed by atoms with E-state index in [1.807, 2.05) is 21.1 Å². The van der Waals surface area contributed by atoms with Crippen molar-refractivity contribution in [1.82, 2.24) is 5.32 Å². The SMILES string of the molecule is CCCCCCCCCCCCCC/C=C\CCCCCCCCCCCCCCC(=O)NC(COP(=O)([O-])OCC[N+](C)(C)C)C(O)CCCCCCCCCCCCCCCCCCCCC. The van der Waals surface area contributed by atoms with E-state index in [4.69, 9.17) is 9.05 Å². The van der Waals surface area contributed by atoms with E-state index < -0.39 is 20.0 Å². The van der Waals surface area contributed by atoms with Crippen molar-refractivity contribution < 1.29 is 32.9 Å². The molecule has 0 bridgehead atoms. The van der Waals surface area contributed by atoms with Gasteiger partial charge in [0.15, 0.2) is 0 Å². The van der Waals surface area contributed by atoms with Crippen LogP contribution < -0.4 is 10.2 Å². The van der Waals surface area contributed by atoms with Crippen molar-refractivity contribution in [3.8, 4) is 0 Å². The second-order valence-corrected chi connectivity index (χ2v) is 23.8. The van der Waals surface area contributed by atoms with Gasteiger partial charge in [0.1, 0.15) is 13.2 Å². The number of phosphoric acid groups is 1. The summed E-state index contributed by atoms with van der Waals surface area (Å²) in [5.74, 6) is -0.159. The van der Waals surface area contributed by atoms with Gasteiger partial charge in [0.2, 0.25) is 5.91 Å². The molecule has 0 aromatic carbocycles. The van der Waals surface area contributed by atoms with Crippen LogP contribution in [0.5, 0.6) is 0 Å². The van der Waals surface area contributed by atoms with Gasteiger partial charge >= 0.3 is 0 Å². The van der Waals surface area contributed by atoms with E-state index in [0.717, 1.165) is 38.5 Å².